The third kappa shape index (κ3) is 1.70. The van der Waals surface area contributed by atoms with Crippen molar-refractivity contribution >= 4 is 0 Å². The Kier molecular flexibility index (Phi) is 1.83. The molecule has 0 aliphatic heterocycles. The standard InChI is InChI=1S/C9H18/c1-4-8-5-6-9(2,3)7-8/h8H,4-7H2,1-3H3/t8-/m0/s1. The highest BCUT2D eigenvalue weighted by atomic mass is 14.3. The van der Waals surface area contributed by atoms with Crippen LogP contribution in [0.3, 0.4) is 0 Å². The fourth-order valence-corrected chi connectivity index (χ4v) is 1.93. The quantitative estimate of drug-likeness (QED) is 0.506. The van der Waals surface area contributed by atoms with Crippen LogP contribution in [-0.4, -0.2) is 0 Å². The van der Waals surface area contributed by atoms with E-state index in [1.54, 1.807) is 0 Å². The van der Waals surface area contributed by atoms with Crippen molar-refractivity contribution in [2.45, 2.75) is 46.5 Å². The van der Waals surface area contributed by atoms with E-state index in [1.807, 2.05) is 0 Å². The van der Waals surface area contributed by atoms with Gasteiger partial charge in [0.15, 0.2) is 0 Å². The first-order valence-corrected chi connectivity index (χ1v) is 4.14. The summed E-state index contributed by atoms with van der Waals surface area (Å²) >= 11 is 0. The second-order valence-electron chi connectivity index (χ2n) is 4.18. The van der Waals surface area contributed by atoms with E-state index >= 15 is 0 Å². The highest BCUT2D eigenvalue weighted by Gasteiger charge is 2.29. The number of hydrogen-bond donors (Lipinski definition) is 0. The smallest absolute Gasteiger partial charge is 0.0351 e. The molecule has 1 fully saturated rings. The van der Waals surface area contributed by atoms with Crippen LogP contribution in [0.1, 0.15) is 46.5 Å². The molecule has 0 heteroatoms. The Hall–Kier alpha value is 0. The summed E-state index contributed by atoms with van der Waals surface area (Å²) < 4.78 is 0. The van der Waals surface area contributed by atoms with E-state index in [1.165, 1.54) is 25.7 Å². The fraction of sp³-hybridized carbons (Fsp3) is 1.00. The molecule has 0 aromatic rings. The summed E-state index contributed by atoms with van der Waals surface area (Å²) in [5, 5.41) is 0. The molecule has 0 amide bonds. The molecule has 0 nitrogen and oxygen atoms in total. The topological polar surface area (TPSA) is 0 Å². The summed E-state index contributed by atoms with van der Waals surface area (Å²) in [5.74, 6) is 1.04. The molecular weight excluding hydrogens is 108 g/mol. The maximum absolute atomic E-state index is 2.39. The van der Waals surface area contributed by atoms with Crippen molar-refractivity contribution in [3.05, 3.63) is 0 Å². The Morgan fingerprint density at radius 3 is 2.33 bits per heavy atom. The van der Waals surface area contributed by atoms with Gasteiger partial charge in [-0.3, -0.25) is 0 Å². The molecule has 0 unspecified atom stereocenters. The lowest BCUT2D eigenvalue weighted by Gasteiger charge is -2.15. The molecule has 0 bridgehead atoms. The van der Waals surface area contributed by atoms with E-state index < -0.39 is 0 Å². The van der Waals surface area contributed by atoms with Gasteiger partial charge in [-0.25, -0.2) is 0 Å². The third-order valence-electron chi connectivity index (χ3n) is 2.65. The van der Waals surface area contributed by atoms with Crippen molar-refractivity contribution in [1.29, 1.82) is 0 Å². The lowest BCUT2D eigenvalue weighted by molar-refractivity contribution is 0.358. The number of rotatable bonds is 1. The molecule has 0 aromatic carbocycles. The minimum atomic E-state index is 0.667. The van der Waals surface area contributed by atoms with Crippen molar-refractivity contribution in [2.24, 2.45) is 11.3 Å². The molecule has 9 heavy (non-hydrogen) atoms. The summed E-state index contributed by atoms with van der Waals surface area (Å²) in [7, 11) is 0. The van der Waals surface area contributed by atoms with Crippen LogP contribution < -0.4 is 0 Å². The van der Waals surface area contributed by atoms with Crippen molar-refractivity contribution < 1.29 is 0 Å². The van der Waals surface area contributed by atoms with Crippen LogP contribution >= 0.6 is 0 Å². The molecule has 0 aromatic heterocycles. The molecule has 0 saturated heterocycles. The Labute approximate surface area is 58.7 Å². The first-order valence-electron chi connectivity index (χ1n) is 4.14. The second-order valence-corrected chi connectivity index (χ2v) is 4.18. The van der Waals surface area contributed by atoms with E-state index in [9.17, 15) is 0 Å². The lowest BCUT2D eigenvalue weighted by atomic mass is 9.90. The van der Waals surface area contributed by atoms with Gasteiger partial charge in [-0.2, -0.15) is 0 Å². The maximum atomic E-state index is 2.39. The molecule has 1 aliphatic rings. The van der Waals surface area contributed by atoms with Gasteiger partial charge in [0.05, 0.1) is 0 Å². The summed E-state index contributed by atoms with van der Waals surface area (Å²) in [6, 6.07) is 0. The normalized spacial score (nSPS) is 33.0. The van der Waals surface area contributed by atoms with Crippen LogP contribution in [0.25, 0.3) is 0 Å². The molecule has 1 rings (SSSR count). The van der Waals surface area contributed by atoms with E-state index in [-0.39, 0.29) is 0 Å². The second kappa shape index (κ2) is 2.32. The van der Waals surface area contributed by atoms with Crippen LogP contribution in [0.5, 0.6) is 0 Å². The van der Waals surface area contributed by atoms with E-state index in [4.69, 9.17) is 0 Å². The molecular formula is C9H18. The van der Waals surface area contributed by atoms with Crippen LogP contribution in [0.2, 0.25) is 0 Å². The first-order chi connectivity index (χ1) is 4.14. The SMILES string of the molecule is CC[C@H]1CCC(C)(C)C1. The minimum absolute atomic E-state index is 0.667. The van der Waals surface area contributed by atoms with Crippen LogP contribution in [-0.2, 0) is 0 Å². The van der Waals surface area contributed by atoms with Gasteiger partial charge in [-0.1, -0.05) is 27.2 Å². The average molecular weight is 126 g/mol. The zero-order chi connectivity index (χ0) is 6.91. The minimum Gasteiger partial charge on any atom is -0.0651 e. The largest absolute Gasteiger partial charge is 0.0651 e. The predicted octanol–water partition coefficient (Wildman–Crippen LogP) is 3.22. The van der Waals surface area contributed by atoms with Gasteiger partial charge >= 0.3 is 0 Å². The lowest BCUT2D eigenvalue weighted by Crippen LogP contribution is -2.04. The Morgan fingerprint density at radius 2 is 2.11 bits per heavy atom. The number of hydrogen-bond acceptors (Lipinski definition) is 0. The molecule has 1 aliphatic carbocycles. The van der Waals surface area contributed by atoms with E-state index in [0.717, 1.165) is 5.92 Å². The molecule has 1 atom stereocenters. The highest BCUT2D eigenvalue weighted by molar-refractivity contribution is 4.80. The molecule has 0 radical (unpaired) electrons. The third-order valence-corrected chi connectivity index (χ3v) is 2.65. The average Bonchev–Trinajstić information content (AvgIpc) is 2.10. The van der Waals surface area contributed by atoms with Gasteiger partial charge in [0.2, 0.25) is 0 Å². The summed E-state index contributed by atoms with van der Waals surface area (Å²) in [6.07, 6.45) is 5.78. The van der Waals surface area contributed by atoms with Gasteiger partial charge in [-0.15, -0.1) is 0 Å². The van der Waals surface area contributed by atoms with Gasteiger partial charge in [-0.05, 0) is 30.6 Å². The Morgan fingerprint density at radius 1 is 1.44 bits per heavy atom. The Bertz CT molecular complexity index is 92.2. The van der Waals surface area contributed by atoms with Crippen LogP contribution in [0.15, 0.2) is 0 Å². The van der Waals surface area contributed by atoms with Crippen molar-refractivity contribution in [2.75, 3.05) is 0 Å². The summed E-state index contributed by atoms with van der Waals surface area (Å²) in [4.78, 5) is 0. The monoisotopic (exact) mass is 126 g/mol. The molecule has 1 saturated carbocycles. The predicted molar refractivity (Wildman–Crippen MR) is 41.4 cm³/mol. The van der Waals surface area contributed by atoms with Crippen molar-refractivity contribution in [3.63, 3.8) is 0 Å². The van der Waals surface area contributed by atoms with E-state index in [0.29, 0.717) is 5.41 Å². The van der Waals surface area contributed by atoms with Crippen molar-refractivity contribution in [3.8, 4) is 0 Å². The zero-order valence-corrected chi connectivity index (χ0v) is 6.91. The maximum Gasteiger partial charge on any atom is -0.0351 e. The molecule has 0 N–H and O–H groups in total. The Balaban J connectivity index is 2.38. The van der Waals surface area contributed by atoms with Gasteiger partial charge in [0.1, 0.15) is 0 Å². The molecule has 0 heterocycles. The summed E-state index contributed by atoms with van der Waals surface area (Å²) in [5.41, 5.74) is 0.667. The summed E-state index contributed by atoms with van der Waals surface area (Å²) in [6.45, 7) is 7.09. The van der Waals surface area contributed by atoms with E-state index in [2.05, 4.69) is 20.8 Å². The first kappa shape index (κ1) is 7.11. The van der Waals surface area contributed by atoms with Crippen LogP contribution in [0.4, 0.5) is 0 Å². The van der Waals surface area contributed by atoms with Crippen molar-refractivity contribution in [1.82, 2.24) is 0 Å². The molecule has 0 spiro atoms. The van der Waals surface area contributed by atoms with Gasteiger partial charge in [0.25, 0.3) is 0 Å². The van der Waals surface area contributed by atoms with Gasteiger partial charge in [0, 0.05) is 0 Å². The zero-order valence-electron chi connectivity index (χ0n) is 6.91. The highest BCUT2D eigenvalue weighted by Crippen LogP contribution is 2.41. The molecule has 54 valence electrons. The fourth-order valence-electron chi connectivity index (χ4n) is 1.93. The van der Waals surface area contributed by atoms with Crippen LogP contribution in [0, 0.1) is 11.3 Å². The van der Waals surface area contributed by atoms with Gasteiger partial charge < -0.3 is 0 Å².